The van der Waals surface area contributed by atoms with Crippen LogP contribution in [-0.4, -0.2) is 39.8 Å². The highest BCUT2D eigenvalue weighted by Gasteiger charge is 2.35. The van der Waals surface area contributed by atoms with Gasteiger partial charge in [0.1, 0.15) is 5.75 Å². The van der Waals surface area contributed by atoms with E-state index in [2.05, 4.69) is 43.4 Å². The number of benzene rings is 2. The van der Waals surface area contributed by atoms with Gasteiger partial charge in [-0.15, -0.1) is 0 Å². The normalized spacial score (nSPS) is 16.3. The highest BCUT2D eigenvalue weighted by Crippen LogP contribution is 2.37. The van der Waals surface area contributed by atoms with E-state index in [0.29, 0.717) is 35.3 Å². The molecule has 1 aliphatic rings. The Morgan fingerprint density at radius 2 is 1.93 bits per heavy atom. The first-order valence-electron chi connectivity index (χ1n) is 9.45. The molecule has 1 amide bonds. The van der Waals surface area contributed by atoms with E-state index in [0.717, 1.165) is 16.1 Å². The van der Waals surface area contributed by atoms with Gasteiger partial charge < -0.3 is 10.1 Å². The van der Waals surface area contributed by atoms with Crippen LogP contribution in [0.3, 0.4) is 0 Å². The van der Waals surface area contributed by atoms with Gasteiger partial charge in [-0.2, -0.15) is 0 Å². The summed E-state index contributed by atoms with van der Waals surface area (Å²) < 4.78 is 31.3. The second kappa shape index (κ2) is 8.63. The Hall–Kier alpha value is -2.25. The van der Waals surface area contributed by atoms with Gasteiger partial charge in [-0.25, -0.2) is 8.42 Å². The van der Waals surface area contributed by atoms with Crippen LogP contribution in [-0.2, 0) is 21.2 Å². The zero-order valence-corrected chi connectivity index (χ0v) is 18.3. The molecule has 1 N–H and O–H groups in total. The first-order chi connectivity index (χ1) is 13.6. The molecule has 1 aliphatic heterocycles. The minimum Gasteiger partial charge on any atom is -0.476 e. The van der Waals surface area contributed by atoms with Crippen LogP contribution in [0.4, 0.5) is 5.69 Å². The Kier molecular flexibility index (Phi) is 6.39. The largest absolute Gasteiger partial charge is 0.476 e. The molecule has 1 atom stereocenters. The van der Waals surface area contributed by atoms with Crippen molar-refractivity contribution in [2.24, 2.45) is 0 Å². The molecular weight excluding hydrogens is 412 g/mol. The number of nitrogens with one attached hydrogen (secondary N) is 1. The van der Waals surface area contributed by atoms with Crippen LogP contribution in [0.25, 0.3) is 0 Å². The summed E-state index contributed by atoms with van der Waals surface area (Å²) in [7, 11) is -3.58. The number of ether oxygens (including phenoxy) is 1. The molecule has 0 bridgehead atoms. The summed E-state index contributed by atoms with van der Waals surface area (Å²) in [4.78, 5) is 12.6. The summed E-state index contributed by atoms with van der Waals surface area (Å²) >= 11 is 5.99. The quantitative estimate of drug-likeness (QED) is 0.753. The van der Waals surface area contributed by atoms with E-state index < -0.39 is 16.1 Å². The van der Waals surface area contributed by atoms with Gasteiger partial charge in [-0.1, -0.05) is 49.7 Å². The van der Waals surface area contributed by atoms with Crippen molar-refractivity contribution in [2.75, 3.05) is 23.7 Å². The number of carbonyl (C=O) groups excluding carboxylic acids is 1. The number of rotatable bonds is 6. The third-order valence-corrected chi connectivity index (χ3v) is 6.22. The lowest BCUT2D eigenvalue weighted by Crippen LogP contribution is -2.50. The minimum atomic E-state index is -3.58. The lowest BCUT2D eigenvalue weighted by Gasteiger charge is -2.34. The molecule has 6 nitrogen and oxygen atoms in total. The van der Waals surface area contributed by atoms with Crippen LogP contribution in [0.1, 0.15) is 30.9 Å². The number of halogens is 1. The Labute approximate surface area is 176 Å². The van der Waals surface area contributed by atoms with Crippen molar-refractivity contribution in [3.63, 3.8) is 0 Å². The number of hydrogen-bond donors (Lipinski definition) is 1. The van der Waals surface area contributed by atoms with Crippen molar-refractivity contribution in [3.05, 3.63) is 58.6 Å². The molecular formula is C21H25ClN2O4S. The molecule has 0 aromatic heterocycles. The number of sulfonamides is 1. The average molecular weight is 437 g/mol. The molecule has 2 aromatic rings. The van der Waals surface area contributed by atoms with E-state index in [4.69, 9.17) is 16.3 Å². The van der Waals surface area contributed by atoms with Crippen molar-refractivity contribution in [1.82, 2.24) is 5.32 Å². The van der Waals surface area contributed by atoms with Crippen molar-refractivity contribution in [2.45, 2.75) is 32.3 Å². The highest BCUT2D eigenvalue weighted by molar-refractivity contribution is 7.92. The molecule has 0 unspecified atom stereocenters. The third kappa shape index (κ3) is 5.22. The molecule has 29 heavy (non-hydrogen) atoms. The van der Waals surface area contributed by atoms with Crippen LogP contribution in [0.5, 0.6) is 5.75 Å². The van der Waals surface area contributed by atoms with Crippen LogP contribution < -0.4 is 14.4 Å². The van der Waals surface area contributed by atoms with Crippen LogP contribution in [0, 0.1) is 0 Å². The monoisotopic (exact) mass is 436 g/mol. The number of fused-ring (bicyclic) bond motifs is 1. The molecule has 0 saturated carbocycles. The van der Waals surface area contributed by atoms with Gasteiger partial charge >= 0.3 is 0 Å². The Morgan fingerprint density at radius 1 is 1.24 bits per heavy atom. The van der Waals surface area contributed by atoms with Gasteiger partial charge in [0.25, 0.3) is 5.91 Å². The summed E-state index contributed by atoms with van der Waals surface area (Å²) in [5.74, 6) is 0.441. The minimum absolute atomic E-state index is 0.0961. The van der Waals surface area contributed by atoms with E-state index in [-0.39, 0.29) is 12.5 Å². The predicted molar refractivity (Wildman–Crippen MR) is 115 cm³/mol. The Bertz CT molecular complexity index is 990. The first-order valence-corrected chi connectivity index (χ1v) is 11.7. The lowest BCUT2D eigenvalue weighted by atomic mass is 10.0. The van der Waals surface area contributed by atoms with Crippen molar-refractivity contribution in [1.29, 1.82) is 0 Å². The molecule has 3 rings (SSSR count). The van der Waals surface area contributed by atoms with E-state index >= 15 is 0 Å². The Balaban J connectivity index is 1.64. The van der Waals surface area contributed by atoms with Gasteiger partial charge in [0.2, 0.25) is 10.0 Å². The summed E-state index contributed by atoms with van der Waals surface area (Å²) in [5, 5.41) is 3.24. The maximum atomic E-state index is 12.6. The molecule has 1 heterocycles. The first kappa shape index (κ1) is 21.5. The number of hydrogen-bond acceptors (Lipinski definition) is 4. The summed E-state index contributed by atoms with van der Waals surface area (Å²) in [5.41, 5.74) is 2.74. The number of anilines is 1. The predicted octanol–water partition coefficient (Wildman–Crippen LogP) is 3.35. The molecule has 2 aromatic carbocycles. The van der Waals surface area contributed by atoms with Gasteiger partial charge in [-0.05, 0) is 41.7 Å². The van der Waals surface area contributed by atoms with E-state index in [1.807, 2.05) is 0 Å². The second-order valence-corrected chi connectivity index (χ2v) is 9.79. The van der Waals surface area contributed by atoms with Gasteiger partial charge in [0.15, 0.2) is 6.10 Å². The topological polar surface area (TPSA) is 75.7 Å². The fourth-order valence-electron chi connectivity index (χ4n) is 3.19. The van der Waals surface area contributed by atoms with E-state index in [1.54, 1.807) is 12.1 Å². The molecule has 0 spiro atoms. The third-order valence-electron chi connectivity index (χ3n) is 4.84. The molecule has 0 fully saturated rings. The smallest absolute Gasteiger partial charge is 0.263 e. The zero-order valence-electron chi connectivity index (χ0n) is 16.7. The van der Waals surface area contributed by atoms with Gasteiger partial charge in [0.05, 0.1) is 18.5 Å². The Morgan fingerprint density at radius 3 is 2.55 bits per heavy atom. The summed E-state index contributed by atoms with van der Waals surface area (Å²) in [6, 6.07) is 13.0. The van der Waals surface area contributed by atoms with E-state index in [1.165, 1.54) is 11.6 Å². The lowest BCUT2D eigenvalue weighted by molar-refractivity contribution is -0.127. The molecule has 0 aliphatic carbocycles. The van der Waals surface area contributed by atoms with Crippen molar-refractivity contribution in [3.8, 4) is 5.75 Å². The molecule has 156 valence electrons. The van der Waals surface area contributed by atoms with E-state index in [9.17, 15) is 13.2 Å². The van der Waals surface area contributed by atoms with Crippen molar-refractivity contribution >= 4 is 33.2 Å². The summed E-state index contributed by atoms with van der Waals surface area (Å²) in [6.45, 7) is 4.63. The fraction of sp³-hybridized carbons (Fsp3) is 0.381. The summed E-state index contributed by atoms with van der Waals surface area (Å²) in [6.07, 6.45) is 0.846. The molecule has 0 radical (unpaired) electrons. The maximum absolute atomic E-state index is 12.6. The zero-order chi connectivity index (χ0) is 21.2. The van der Waals surface area contributed by atoms with Crippen LogP contribution in [0.15, 0.2) is 42.5 Å². The molecule has 8 heteroatoms. The average Bonchev–Trinajstić information content (AvgIpc) is 2.66. The molecule has 0 saturated heterocycles. The second-order valence-electron chi connectivity index (χ2n) is 7.45. The van der Waals surface area contributed by atoms with Gasteiger partial charge in [0, 0.05) is 11.6 Å². The maximum Gasteiger partial charge on any atom is 0.263 e. The van der Waals surface area contributed by atoms with Crippen molar-refractivity contribution < 1.29 is 17.9 Å². The number of carbonyl (C=O) groups is 1. The van der Waals surface area contributed by atoms with Gasteiger partial charge in [-0.3, -0.25) is 9.10 Å². The highest BCUT2D eigenvalue weighted by atomic mass is 35.5. The fourth-order valence-corrected chi connectivity index (χ4v) is 4.26. The SMILES string of the molecule is CC(C)c1ccc(CCNC(=O)[C@@H]2CN(S(C)(=O)=O)c3cc(Cl)ccc3O2)cc1. The number of amides is 1. The standard InChI is InChI=1S/C21H25ClN2O4S/c1-14(2)16-6-4-15(5-7-16)10-11-23-21(25)20-13-24(29(3,26)27)18-12-17(22)8-9-19(18)28-20/h4-9,12,14,20H,10-11,13H2,1-3H3,(H,23,25)/t20-/m0/s1. The number of nitrogens with zero attached hydrogens (tertiary/aromatic N) is 1. The van der Waals surface area contributed by atoms with Crippen LogP contribution in [0.2, 0.25) is 5.02 Å². The van der Waals surface area contributed by atoms with Crippen LogP contribution >= 0.6 is 11.6 Å².